The van der Waals surface area contributed by atoms with E-state index in [1.807, 2.05) is 17.7 Å². The summed E-state index contributed by atoms with van der Waals surface area (Å²) in [6, 6.07) is 7.37. The normalized spacial score (nSPS) is 24.1. The molecule has 0 bridgehead atoms. The third-order valence-corrected chi connectivity index (χ3v) is 7.88. The Labute approximate surface area is 217 Å². The van der Waals surface area contributed by atoms with Crippen LogP contribution in [0.15, 0.2) is 34.0 Å². The van der Waals surface area contributed by atoms with E-state index in [0.717, 1.165) is 35.0 Å². The van der Waals surface area contributed by atoms with Crippen LogP contribution in [0.4, 0.5) is 9.59 Å². The average molecular weight is 555 g/mol. The van der Waals surface area contributed by atoms with Gasteiger partial charge in [-0.1, -0.05) is 27.2 Å². The van der Waals surface area contributed by atoms with Gasteiger partial charge in [-0.25, -0.2) is 19.7 Å². The summed E-state index contributed by atoms with van der Waals surface area (Å²) in [7, 11) is 0. The van der Waals surface area contributed by atoms with Crippen LogP contribution in [0.1, 0.15) is 55.8 Å². The molecule has 36 heavy (non-hydrogen) atoms. The molecule has 3 amide bonds. The Bertz CT molecular complexity index is 1240. The zero-order valence-electron chi connectivity index (χ0n) is 19.9. The molecule has 0 saturated heterocycles. The number of hydrazone groups is 1. The molecule has 1 aromatic heterocycles. The quantitative estimate of drug-likeness (QED) is 0.594. The van der Waals surface area contributed by atoms with Crippen molar-refractivity contribution in [3.05, 3.63) is 45.7 Å². The predicted molar refractivity (Wildman–Crippen MR) is 133 cm³/mol. The number of aromatic nitrogens is 3. The molecule has 5 rings (SSSR count). The number of nitrogens with one attached hydrogen (secondary N) is 2. The number of urea groups is 1. The summed E-state index contributed by atoms with van der Waals surface area (Å²) in [5.74, 6) is 0.386. The highest BCUT2D eigenvalue weighted by atomic mass is 79.9. The van der Waals surface area contributed by atoms with E-state index in [1.54, 1.807) is 23.2 Å². The van der Waals surface area contributed by atoms with E-state index in [0.29, 0.717) is 49.7 Å². The first-order valence-electron chi connectivity index (χ1n) is 12.1. The predicted octanol–water partition coefficient (Wildman–Crippen LogP) is 3.29. The molecule has 1 aromatic carbocycles. The fraction of sp³-hybridized carbons (Fsp3) is 0.500. The van der Waals surface area contributed by atoms with Crippen LogP contribution in [-0.2, 0) is 17.8 Å². The maximum atomic E-state index is 12.8. The van der Waals surface area contributed by atoms with Crippen molar-refractivity contribution in [1.29, 1.82) is 5.26 Å². The van der Waals surface area contributed by atoms with Gasteiger partial charge in [0.25, 0.3) is 0 Å². The zero-order valence-corrected chi connectivity index (χ0v) is 21.5. The number of rotatable bonds is 4. The van der Waals surface area contributed by atoms with Gasteiger partial charge in [-0.05, 0) is 57.1 Å². The second-order valence-corrected chi connectivity index (χ2v) is 10.5. The number of fused-ring (bicyclic) bond motifs is 1. The lowest BCUT2D eigenvalue weighted by Crippen LogP contribution is -2.53. The molecule has 12 heteroatoms. The van der Waals surface area contributed by atoms with Gasteiger partial charge in [0, 0.05) is 22.6 Å². The number of nitriles is 1. The summed E-state index contributed by atoms with van der Waals surface area (Å²) in [6.07, 6.45) is 4.95. The van der Waals surface area contributed by atoms with Crippen molar-refractivity contribution >= 4 is 33.8 Å². The Morgan fingerprint density at radius 3 is 2.94 bits per heavy atom. The van der Waals surface area contributed by atoms with E-state index in [4.69, 9.17) is 4.74 Å². The minimum absolute atomic E-state index is 0.0119. The van der Waals surface area contributed by atoms with Gasteiger partial charge in [0.1, 0.15) is 5.71 Å². The molecule has 3 aliphatic rings. The summed E-state index contributed by atoms with van der Waals surface area (Å²) in [5.41, 5.74) is 4.56. The molecular weight excluding hydrogens is 528 g/mol. The monoisotopic (exact) mass is 554 g/mol. The maximum Gasteiger partial charge on any atom is 0.428 e. The number of carbonyl (C=O) groups excluding carboxylic acids is 2. The highest BCUT2D eigenvalue weighted by Gasteiger charge is 2.46. The van der Waals surface area contributed by atoms with E-state index in [2.05, 4.69) is 48.2 Å². The molecule has 1 atom stereocenters. The summed E-state index contributed by atoms with van der Waals surface area (Å²) in [4.78, 5) is 26.7. The number of nitrogens with zero attached hydrogens (tertiary/aromatic N) is 6. The molecule has 11 nitrogen and oxygen atoms in total. The Balaban J connectivity index is 1.20. The highest BCUT2D eigenvalue weighted by Crippen LogP contribution is 2.41. The first-order valence-corrected chi connectivity index (χ1v) is 12.9. The Morgan fingerprint density at radius 2 is 2.19 bits per heavy atom. The van der Waals surface area contributed by atoms with Crippen LogP contribution in [0.2, 0.25) is 0 Å². The second-order valence-electron chi connectivity index (χ2n) is 9.66. The summed E-state index contributed by atoms with van der Waals surface area (Å²) in [5, 5.41) is 24.6. The topological polar surface area (TPSA) is 138 Å². The van der Waals surface area contributed by atoms with Crippen LogP contribution in [0, 0.1) is 17.2 Å². The lowest BCUT2D eigenvalue weighted by atomic mass is 9.73. The second kappa shape index (κ2) is 9.89. The first-order chi connectivity index (χ1) is 17.4. The number of ether oxygens (including phenoxy) is 1. The maximum absolute atomic E-state index is 12.8. The lowest BCUT2D eigenvalue weighted by molar-refractivity contribution is 0.0154. The number of hydrogen-bond donors (Lipinski definition) is 2. The number of benzene rings is 1. The largest absolute Gasteiger partial charge is 0.435 e. The van der Waals surface area contributed by atoms with Crippen LogP contribution in [0.3, 0.4) is 0 Å². The van der Waals surface area contributed by atoms with Gasteiger partial charge >= 0.3 is 12.1 Å². The smallest absolute Gasteiger partial charge is 0.428 e. The molecule has 1 aliphatic carbocycles. The van der Waals surface area contributed by atoms with Gasteiger partial charge in [-0.3, -0.25) is 0 Å². The summed E-state index contributed by atoms with van der Waals surface area (Å²) in [6.45, 7) is 3.79. The van der Waals surface area contributed by atoms with Crippen LogP contribution in [-0.4, -0.2) is 55.9 Å². The van der Waals surface area contributed by atoms with E-state index in [-0.39, 0.29) is 12.1 Å². The van der Waals surface area contributed by atoms with Crippen molar-refractivity contribution < 1.29 is 14.3 Å². The minimum Gasteiger partial charge on any atom is -0.435 e. The van der Waals surface area contributed by atoms with Gasteiger partial charge in [-0.15, -0.1) is 5.10 Å². The van der Waals surface area contributed by atoms with Crippen LogP contribution >= 0.6 is 15.9 Å². The molecule has 1 saturated carbocycles. The highest BCUT2D eigenvalue weighted by molar-refractivity contribution is 9.10. The van der Waals surface area contributed by atoms with Crippen LogP contribution in [0.25, 0.3) is 0 Å². The standard InChI is InChI=1S/C24H27BrN8O3/c1-15(28-22(34)32-8-9-33-18(14-32)13-27-31-33)10-16-4-6-24(7-5-16)21(29-30-23(35)36-24)19-3-2-17(12-26)11-20(19)25/h2-3,11,13,15-16H,4-10,14H2,1H3,(H,28,34)(H,30,35)/t15-,16?,24?/m0/s1. The Kier molecular flexibility index (Phi) is 6.66. The molecule has 1 spiro atoms. The molecular formula is C24H27BrN8O3. The average Bonchev–Trinajstić information content (AvgIpc) is 3.34. The van der Waals surface area contributed by atoms with Crippen molar-refractivity contribution in [2.45, 2.75) is 63.8 Å². The molecule has 0 unspecified atom stereocenters. The molecule has 188 valence electrons. The number of carbonyl (C=O) groups is 2. The Hall–Kier alpha value is -3.46. The van der Waals surface area contributed by atoms with E-state index in [9.17, 15) is 14.9 Å². The molecule has 2 aromatic rings. The minimum atomic E-state index is -0.813. The van der Waals surface area contributed by atoms with Gasteiger partial charge in [0.15, 0.2) is 5.60 Å². The van der Waals surface area contributed by atoms with Gasteiger partial charge in [0.05, 0.1) is 36.6 Å². The van der Waals surface area contributed by atoms with Crippen LogP contribution in [0.5, 0.6) is 0 Å². The fourth-order valence-corrected chi connectivity index (χ4v) is 5.93. The number of amides is 3. The van der Waals surface area contributed by atoms with Crippen molar-refractivity contribution in [3.8, 4) is 6.07 Å². The fourth-order valence-electron chi connectivity index (χ4n) is 5.37. The molecule has 2 aliphatic heterocycles. The van der Waals surface area contributed by atoms with Gasteiger partial charge in [0.2, 0.25) is 0 Å². The van der Waals surface area contributed by atoms with Gasteiger partial charge < -0.3 is 15.0 Å². The van der Waals surface area contributed by atoms with E-state index >= 15 is 0 Å². The number of halogens is 1. The lowest BCUT2D eigenvalue weighted by Gasteiger charge is -2.42. The van der Waals surface area contributed by atoms with Crippen LogP contribution < -0.4 is 10.7 Å². The summed E-state index contributed by atoms with van der Waals surface area (Å²) >= 11 is 3.54. The summed E-state index contributed by atoms with van der Waals surface area (Å²) < 4.78 is 8.41. The third kappa shape index (κ3) is 4.80. The van der Waals surface area contributed by atoms with E-state index < -0.39 is 11.7 Å². The molecule has 1 fully saturated rings. The van der Waals surface area contributed by atoms with Crippen molar-refractivity contribution in [3.63, 3.8) is 0 Å². The SMILES string of the molecule is C[C@@H](CC1CCC2(CC1)OC(=O)NN=C2c1ccc(C#N)cc1Br)NC(=O)N1CCn2nncc2C1. The van der Waals surface area contributed by atoms with Crippen molar-refractivity contribution in [2.75, 3.05) is 6.54 Å². The molecule has 0 radical (unpaired) electrons. The zero-order chi connectivity index (χ0) is 25.3. The molecule has 2 N–H and O–H groups in total. The van der Waals surface area contributed by atoms with E-state index in [1.165, 1.54) is 0 Å². The first kappa shape index (κ1) is 24.2. The van der Waals surface area contributed by atoms with Crippen molar-refractivity contribution in [1.82, 2.24) is 30.6 Å². The van der Waals surface area contributed by atoms with Crippen molar-refractivity contribution in [2.24, 2.45) is 11.0 Å². The Morgan fingerprint density at radius 1 is 1.39 bits per heavy atom. The van der Waals surface area contributed by atoms with Gasteiger partial charge in [-0.2, -0.15) is 10.4 Å². The number of hydrogen-bond acceptors (Lipinski definition) is 7. The molecule has 3 heterocycles. The third-order valence-electron chi connectivity index (χ3n) is 7.22.